The first-order chi connectivity index (χ1) is 16.8. The molecule has 0 aliphatic rings. The zero-order valence-electron chi connectivity index (χ0n) is 18.1. The Balaban J connectivity index is 1.74. The average Bonchev–Trinajstić information content (AvgIpc) is 2.88. The first-order valence-corrected chi connectivity index (χ1v) is 10.2. The summed E-state index contributed by atoms with van der Waals surface area (Å²) in [6.45, 7) is 0. The second-order valence-corrected chi connectivity index (χ2v) is 7.13. The Morgan fingerprint density at radius 2 is 1.09 bits per heavy atom. The molecule has 4 aromatic rings. The van der Waals surface area contributed by atoms with Gasteiger partial charge >= 0.3 is 0 Å². The minimum Gasteiger partial charge on any atom is -0.507 e. The average molecular weight is 472 g/mol. The number of nitrogens with zero attached hydrogens (tertiary/aromatic N) is 5. The lowest BCUT2D eigenvalue weighted by molar-refractivity contribution is 0.0977. The van der Waals surface area contributed by atoms with Crippen molar-refractivity contribution in [1.82, 2.24) is 15.0 Å². The summed E-state index contributed by atoms with van der Waals surface area (Å²) in [6.07, 6.45) is 0. The second-order valence-electron chi connectivity index (χ2n) is 7.13. The molecule has 0 aliphatic carbocycles. The normalized spacial score (nSPS) is 10.5. The van der Waals surface area contributed by atoms with Gasteiger partial charge in [-0.3, -0.25) is 9.59 Å². The molecule has 0 atom stereocenters. The summed E-state index contributed by atoms with van der Waals surface area (Å²) < 4.78 is 0. The van der Waals surface area contributed by atoms with Crippen molar-refractivity contribution in [2.75, 3.05) is 15.3 Å². The Labute approximate surface area is 199 Å². The zero-order chi connectivity index (χ0) is 24.9. The van der Waals surface area contributed by atoms with E-state index in [2.05, 4.69) is 20.3 Å². The number of nitrogens with two attached hydrogens (primary N) is 2. The number of carbonyl (C=O) groups is 2. The molecule has 0 radical (unpaired) electrons. The van der Waals surface area contributed by atoms with E-state index in [1.807, 2.05) is 6.07 Å². The maximum atomic E-state index is 12.9. The molecule has 12 heteroatoms. The molecular formula is C23H20N8O4. The highest BCUT2D eigenvalue weighted by molar-refractivity contribution is 6.07. The molecule has 1 heterocycles. The molecule has 0 saturated carbocycles. The van der Waals surface area contributed by atoms with Crippen molar-refractivity contribution in [1.29, 1.82) is 0 Å². The SMILES string of the molecule is NN(C(=O)c1ccccc1O)c1nc(Nc2ccccc2)nc(N(N)C(=O)c2ccccc2O)n1. The van der Waals surface area contributed by atoms with Gasteiger partial charge < -0.3 is 15.5 Å². The molecular weight excluding hydrogens is 452 g/mol. The number of para-hydroxylation sites is 3. The Morgan fingerprint density at radius 1 is 0.657 bits per heavy atom. The lowest BCUT2D eigenvalue weighted by Gasteiger charge is -2.20. The number of nitrogens with one attached hydrogen (secondary N) is 1. The third kappa shape index (κ3) is 4.98. The van der Waals surface area contributed by atoms with Crippen molar-refractivity contribution < 1.29 is 19.8 Å². The molecule has 7 N–H and O–H groups in total. The van der Waals surface area contributed by atoms with Gasteiger partial charge in [-0.2, -0.15) is 15.0 Å². The van der Waals surface area contributed by atoms with Crippen molar-refractivity contribution in [2.24, 2.45) is 11.7 Å². The van der Waals surface area contributed by atoms with Crippen LogP contribution in [0, 0.1) is 0 Å². The second kappa shape index (κ2) is 9.82. The van der Waals surface area contributed by atoms with E-state index in [0.29, 0.717) is 15.7 Å². The molecule has 176 valence electrons. The first kappa shape index (κ1) is 23.1. The van der Waals surface area contributed by atoms with Gasteiger partial charge in [0.05, 0.1) is 11.1 Å². The summed E-state index contributed by atoms with van der Waals surface area (Å²) in [5.74, 6) is 8.97. The standard InChI is InChI=1S/C23H20N8O4/c24-30(19(34)15-10-4-6-12-17(15)32)22-27-21(26-14-8-2-1-3-9-14)28-23(29-22)31(25)20(35)16-11-5-7-13-18(16)33/h1-13,32-33H,24-25H2,(H,26,27,28,29). The number of rotatable bonds is 6. The van der Waals surface area contributed by atoms with Crippen LogP contribution in [0.5, 0.6) is 11.5 Å². The maximum Gasteiger partial charge on any atom is 0.278 e. The van der Waals surface area contributed by atoms with Crippen LogP contribution in [-0.2, 0) is 0 Å². The van der Waals surface area contributed by atoms with Gasteiger partial charge in [0.25, 0.3) is 23.7 Å². The predicted molar refractivity (Wildman–Crippen MR) is 128 cm³/mol. The Bertz CT molecular complexity index is 1300. The van der Waals surface area contributed by atoms with E-state index in [0.717, 1.165) is 0 Å². The molecule has 3 aromatic carbocycles. The van der Waals surface area contributed by atoms with Crippen LogP contribution in [0.1, 0.15) is 20.7 Å². The lowest BCUT2D eigenvalue weighted by Crippen LogP contribution is -2.42. The van der Waals surface area contributed by atoms with Crippen molar-refractivity contribution in [3.05, 3.63) is 90.0 Å². The van der Waals surface area contributed by atoms with Gasteiger partial charge in [0, 0.05) is 5.69 Å². The Hall–Kier alpha value is -5.07. The fourth-order valence-electron chi connectivity index (χ4n) is 3.03. The third-order valence-corrected chi connectivity index (χ3v) is 4.78. The Morgan fingerprint density at radius 3 is 1.54 bits per heavy atom. The Kier molecular flexibility index (Phi) is 6.48. The number of amides is 2. The third-order valence-electron chi connectivity index (χ3n) is 4.78. The largest absolute Gasteiger partial charge is 0.507 e. The smallest absolute Gasteiger partial charge is 0.278 e. The van der Waals surface area contributed by atoms with Crippen molar-refractivity contribution in [3.8, 4) is 11.5 Å². The van der Waals surface area contributed by atoms with E-state index in [1.54, 1.807) is 48.5 Å². The fraction of sp³-hybridized carbons (Fsp3) is 0. The van der Waals surface area contributed by atoms with Crippen molar-refractivity contribution in [2.45, 2.75) is 0 Å². The van der Waals surface area contributed by atoms with Gasteiger partial charge in [-0.1, -0.05) is 42.5 Å². The van der Waals surface area contributed by atoms with E-state index in [1.165, 1.54) is 24.3 Å². The van der Waals surface area contributed by atoms with Crippen LogP contribution in [0.2, 0.25) is 0 Å². The highest BCUT2D eigenvalue weighted by Crippen LogP contribution is 2.23. The zero-order valence-corrected chi connectivity index (χ0v) is 18.1. The van der Waals surface area contributed by atoms with Crippen LogP contribution in [0.15, 0.2) is 78.9 Å². The topological polar surface area (TPSA) is 184 Å². The van der Waals surface area contributed by atoms with Crippen LogP contribution in [0.3, 0.4) is 0 Å². The molecule has 2 amide bonds. The molecule has 0 fully saturated rings. The molecule has 0 saturated heterocycles. The minimum absolute atomic E-state index is 0.0720. The van der Waals surface area contributed by atoms with Gasteiger partial charge in [0.15, 0.2) is 0 Å². The summed E-state index contributed by atoms with van der Waals surface area (Å²) >= 11 is 0. The molecule has 0 bridgehead atoms. The number of benzene rings is 3. The van der Waals surface area contributed by atoms with Gasteiger partial charge in [-0.25, -0.2) is 21.7 Å². The summed E-state index contributed by atoms with van der Waals surface area (Å²) in [4.78, 5) is 38.2. The van der Waals surface area contributed by atoms with Crippen molar-refractivity contribution >= 4 is 35.3 Å². The number of aromatic nitrogens is 3. The number of phenolic OH excluding ortho intramolecular Hbond substituents is 2. The van der Waals surface area contributed by atoms with E-state index in [9.17, 15) is 19.8 Å². The van der Waals surface area contributed by atoms with E-state index < -0.39 is 11.8 Å². The number of hydrogen-bond acceptors (Lipinski definition) is 10. The highest BCUT2D eigenvalue weighted by Gasteiger charge is 2.25. The minimum atomic E-state index is -0.818. The molecule has 0 spiro atoms. The summed E-state index contributed by atoms with van der Waals surface area (Å²) in [5, 5.41) is 24.2. The molecule has 0 unspecified atom stereocenters. The van der Waals surface area contributed by atoms with Crippen molar-refractivity contribution in [3.63, 3.8) is 0 Å². The van der Waals surface area contributed by atoms with E-state index in [-0.39, 0.29) is 40.5 Å². The number of phenols is 2. The molecule has 12 nitrogen and oxygen atoms in total. The molecule has 4 rings (SSSR count). The molecule has 35 heavy (non-hydrogen) atoms. The van der Waals surface area contributed by atoms with Gasteiger partial charge in [0.2, 0.25) is 5.95 Å². The number of aromatic hydroxyl groups is 2. The lowest BCUT2D eigenvalue weighted by atomic mass is 10.2. The molecule has 1 aromatic heterocycles. The van der Waals surface area contributed by atoms with Gasteiger partial charge in [-0.15, -0.1) is 0 Å². The predicted octanol–water partition coefficient (Wildman–Crippen LogP) is 2.07. The van der Waals surface area contributed by atoms with Gasteiger partial charge in [-0.05, 0) is 36.4 Å². The van der Waals surface area contributed by atoms with Crippen LogP contribution in [0.25, 0.3) is 0 Å². The summed E-state index contributed by atoms with van der Waals surface area (Å²) in [5.41, 5.74) is 0.413. The maximum absolute atomic E-state index is 12.9. The first-order valence-electron chi connectivity index (χ1n) is 10.2. The highest BCUT2D eigenvalue weighted by atomic mass is 16.3. The van der Waals surface area contributed by atoms with E-state index in [4.69, 9.17) is 11.7 Å². The number of hydrazine groups is 2. The number of anilines is 4. The molecule has 0 aliphatic heterocycles. The summed E-state index contributed by atoms with van der Waals surface area (Å²) in [7, 11) is 0. The fourth-order valence-corrected chi connectivity index (χ4v) is 3.03. The van der Waals surface area contributed by atoms with Crippen LogP contribution in [-0.4, -0.2) is 37.0 Å². The van der Waals surface area contributed by atoms with Gasteiger partial charge in [0.1, 0.15) is 11.5 Å². The van der Waals surface area contributed by atoms with E-state index >= 15 is 0 Å². The number of carbonyl (C=O) groups excluding carboxylic acids is 2. The monoisotopic (exact) mass is 472 g/mol. The number of hydrogen-bond donors (Lipinski definition) is 5. The van der Waals surface area contributed by atoms with Crippen LogP contribution < -0.4 is 27.0 Å². The van der Waals surface area contributed by atoms with Crippen LogP contribution >= 0.6 is 0 Å². The quantitative estimate of drug-likeness (QED) is 0.158. The van der Waals surface area contributed by atoms with Crippen LogP contribution in [0.4, 0.5) is 23.5 Å². The summed E-state index contributed by atoms with van der Waals surface area (Å²) in [6, 6.07) is 20.5.